The van der Waals surface area contributed by atoms with Gasteiger partial charge in [-0.05, 0) is 52.4 Å². The SMILES string of the molecule is COCC1(CNC2CCCC2C)CCCN(C(=O)OC(C)(C)C)C1. The van der Waals surface area contributed by atoms with Crippen molar-refractivity contribution in [3.8, 4) is 0 Å². The molecule has 0 spiro atoms. The van der Waals surface area contributed by atoms with Crippen molar-refractivity contribution in [2.45, 2.75) is 71.4 Å². The van der Waals surface area contributed by atoms with Crippen LogP contribution in [-0.4, -0.2) is 56.0 Å². The number of hydrogen-bond acceptors (Lipinski definition) is 4. The lowest BCUT2D eigenvalue weighted by Gasteiger charge is -2.43. The van der Waals surface area contributed by atoms with Gasteiger partial charge in [0.05, 0.1) is 6.61 Å². The van der Waals surface area contributed by atoms with Crippen molar-refractivity contribution in [3.05, 3.63) is 0 Å². The molecule has 0 aromatic heterocycles. The van der Waals surface area contributed by atoms with Gasteiger partial charge in [-0.3, -0.25) is 0 Å². The molecule has 1 heterocycles. The van der Waals surface area contributed by atoms with E-state index in [-0.39, 0.29) is 11.5 Å². The van der Waals surface area contributed by atoms with Crippen molar-refractivity contribution in [2.24, 2.45) is 11.3 Å². The molecule has 1 N–H and O–H groups in total. The fourth-order valence-corrected chi connectivity index (χ4v) is 4.11. The lowest BCUT2D eigenvalue weighted by atomic mass is 9.80. The number of methoxy groups -OCH3 is 1. The molecule has 1 saturated carbocycles. The molecule has 2 fully saturated rings. The minimum Gasteiger partial charge on any atom is -0.444 e. The molecule has 3 atom stereocenters. The Morgan fingerprint density at radius 1 is 1.29 bits per heavy atom. The monoisotopic (exact) mass is 340 g/mol. The van der Waals surface area contributed by atoms with Gasteiger partial charge in [-0.2, -0.15) is 0 Å². The highest BCUT2D eigenvalue weighted by atomic mass is 16.6. The highest BCUT2D eigenvalue weighted by Gasteiger charge is 2.39. The molecule has 5 nitrogen and oxygen atoms in total. The number of rotatable bonds is 5. The van der Waals surface area contributed by atoms with Crippen LogP contribution in [0.3, 0.4) is 0 Å². The molecule has 0 bridgehead atoms. The smallest absolute Gasteiger partial charge is 0.410 e. The summed E-state index contributed by atoms with van der Waals surface area (Å²) in [6, 6.07) is 0.607. The molecular weight excluding hydrogens is 304 g/mol. The maximum absolute atomic E-state index is 12.5. The van der Waals surface area contributed by atoms with Gasteiger partial charge in [-0.25, -0.2) is 4.79 Å². The topological polar surface area (TPSA) is 50.8 Å². The van der Waals surface area contributed by atoms with E-state index in [0.29, 0.717) is 19.2 Å². The van der Waals surface area contributed by atoms with E-state index in [1.165, 1.54) is 19.3 Å². The largest absolute Gasteiger partial charge is 0.444 e. The van der Waals surface area contributed by atoms with Gasteiger partial charge in [-0.15, -0.1) is 0 Å². The van der Waals surface area contributed by atoms with Crippen molar-refractivity contribution in [1.29, 1.82) is 0 Å². The van der Waals surface area contributed by atoms with Crippen LogP contribution in [0.15, 0.2) is 0 Å². The van der Waals surface area contributed by atoms with Gasteiger partial charge in [0.15, 0.2) is 0 Å². The zero-order valence-electron chi connectivity index (χ0n) is 16.2. The van der Waals surface area contributed by atoms with E-state index in [9.17, 15) is 4.79 Å². The molecule has 0 radical (unpaired) electrons. The number of carbonyl (C=O) groups is 1. The Labute approximate surface area is 147 Å². The molecule has 1 aliphatic heterocycles. The number of nitrogens with zero attached hydrogens (tertiary/aromatic N) is 1. The Kier molecular flexibility index (Phi) is 6.54. The first kappa shape index (κ1) is 19.5. The number of amides is 1. The quantitative estimate of drug-likeness (QED) is 0.833. The standard InChI is InChI=1S/C19H36N2O3/c1-15-8-6-9-16(15)20-12-19(14-23-5)10-7-11-21(13-19)17(22)24-18(2,3)4/h15-16,20H,6-14H2,1-5H3. The van der Waals surface area contributed by atoms with E-state index in [4.69, 9.17) is 9.47 Å². The molecule has 3 unspecified atom stereocenters. The minimum absolute atomic E-state index is 0.00772. The summed E-state index contributed by atoms with van der Waals surface area (Å²) >= 11 is 0. The Morgan fingerprint density at radius 2 is 2.04 bits per heavy atom. The normalized spacial score (nSPS) is 31.3. The lowest BCUT2D eigenvalue weighted by Crippen LogP contribution is -2.54. The van der Waals surface area contributed by atoms with E-state index in [1.54, 1.807) is 7.11 Å². The van der Waals surface area contributed by atoms with Crippen molar-refractivity contribution in [1.82, 2.24) is 10.2 Å². The molecule has 24 heavy (non-hydrogen) atoms. The molecule has 0 aromatic rings. The summed E-state index contributed by atoms with van der Waals surface area (Å²) < 4.78 is 11.1. The van der Waals surface area contributed by atoms with E-state index in [2.05, 4.69) is 12.2 Å². The first-order valence-corrected chi connectivity index (χ1v) is 9.45. The molecule has 1 aliphatic carbocycles. The lowest BCUT2D eigenvalue weighted by molar-refractivity contribution is -0.0164. The molecule has 0 aromatic carbocycles. The first-order chi connectivity index (χ1) is 11.2. The van der Waals surface area contributed by atoms with Gasteiger partial charge in [0.2, 0.25) is 0 Å². The maximum Gasteiger partial charge on any atom is 0.410 e. The average Bonchev–Trinajstić information content (AvgIpc) is 2.89. The van der Waals surface area contributed by atoms with Crippen molar-refractivity contribution < 1.29 is 14.3 Å². The van der Waals surface area contributed by atoms with Gasteiger partial charge in [-0.1, -0.05) is 13.3 Å². The van der Waals surface area contributed by atoms with Gasteiger partial charge < -0.3 is 19.7 Å². The predicted molar refractivity (Wildman–Crippen MR) is 96.2 cm³/mol. The van der Waals surface area contributed by atoms with Crippen LogP contribution in [-0.2, 0) is 9.47 Å². The fourth-order valence-electron chi connectivity index (χ4n) is 4.11. The molecule has 140 valence electrons. The highest BCUT2D eigenvalue weighted by molar-refractivity contribution is 5.68. The van der Waals surface area contributed by atoms with E-state index >= 15 is 0 Å². The molecule has 5 heteroatoms. The van der Waals surface area contributed by atoms with Crippen LogP contribution < -0.4 is 5.32 Å². The zero-order chi connectivity index (χ0) is 17.8. The second-order valence-electron chi connectivity index (χ2n) is 8.83. The predicted octanol–water partition coefficient (Wildman–Crippen LogP) is 3.43. The second kappa shape index (κ2) is 8.05. The van der Waals surface area contributed by atoms with Crippen LogP contribution in [0.4, 0.5) is 4.79 Å². The van der Waals surface area contributed by atoms with Crippen LogP contribution in [0.25, 0.3) is 0 Å². The van der Waals surface area contributed by atoms with Crippen molar-refractivity contribution in [3.63, 3.8) is 0 Å². The highest BCUT2D eigenvalue weighted by Crippen LogP contribution is 2.32. The van der Waals surface area contributed by atoms with Crippen molar-refractivity contribution >= 4 is 6.09 Å². The number of nitrogens with one attached hydrogen (secondary N) is 1. The first-order valence-electron chi connectivity index (χ1n) is 9.45. The third-order valence-electron chi connectivity index (χ3n) is 5.36. The number of carbonyl (C=O) groups excluding carboxylic acids is 1. The molecule has 2 rings (SSSR count). The Hall–Kier alpha value is -0.810. The van der Waals surface area contributed by atoms with E-state index < -0.39 is 5.60 Å². The van der Waals surface area contributed by atoms with Gasteiger partial charge >= 0.3 is 6.09 Å². The number of hydrogen-bond donors (Lipinski definition) is 1. The van der Waals surface area contributed by atoms with Crippen LogP contribution in [0, 0.1) is 11.3 Å². The minimum atomic E-state index is -0.448. The van der Waals surface area contributed by atoms with Crippen LogP contribution in [0.1, 0.15) is 59.8 Å². The summed E-state index contributed by atoms with van der Waals surface area (Å²) in [7, 11) is 1.76. The Morgan fingerprint density at radius 3 is 2.62 bits per heavy atom. The Bertz CT molecular complexity index is 417. The maximum atomic E-state index is 12.5. The number of piperidine rings is 1. The summed E-state index contributed by atoms with van der Waals surface area (Å²) in [5, 5.41) is 3.78. The zero-order valence-corrected chi connectivity index (χ0v) is 16.2. The van der Waals surface area contributed by atoms with Gasteiger partial charge in [0.25, 0.3) is 0 Å². The van der Waals surface area contributed by atoms with Gasteiger partial charge in [0.1, 0.15) is 5.60 Å². The van der Waals surface area contributed by atoms with Crippen LogP contribution in [0.2, 0.25) is 0 Å². The summed E-state index contributed by atoms with van der Waals surface area (Å²) in [5.74, 6) is 0.746. The molecular formula is C19H36N2O3. The van der Waals surface area contributed by atoms with Crippen LogP contribution in [0.5, 0.6) is 0 Å². The average molecular weight is 341 g/mol. The van der Waals surface area contributed by atoms with E-state index in [0.717, 1.165) is 31.8 Å². The van der Waals surface area contributed by atoms with E-state index in [1.807, 2.05) is 25.7 Å². The summed E-state index contributed by atoms with van der Waals surface area (Å²) in [6.45, 7) is 11.2. The second-order valence-corrected chi connectivity index (χ2v) is 8.83. The van der Waals surface area contributed by atoms with Gasteiger partial charge in [0, 0.05) is 38.2 Å². The Balaban J connectivity index is 1.98. The third-order valence-corrected chi connectivity index (χ3v) is 5.36. The summed E-state index contributed by atoms with van der Waals surface area (Å²) in [5.41, 5.74) is -0.456. The summed E-state index contributed by atoms with van der Waals surface area (Å²) in [6.07, 6.45) is 5.80. The number of likely N-dealkylation sites (tertiary alicyclic amines) is 1. The fraction of sp³-hybridized carbons (Fsp3) is 0.947. The number of ether oxygens (including phenoxy) is 2. The summed E-state index contributed by atoms with van der Waals surface area (Å²) in [4.78, 5) is 14.3. The molecule has 1 amide bonds. The molecule has 2 aliphatic rings. The third kappa shape index (κ3) is 5.35. The van der Waals surface area contributed by atoms with Crippen LogP contribution >= 0.6 is 0 Å². The van der Waals surface area contributed by atoms with Crippen molar-refractivity contribution in [2.75, 3.05) is 33.4 Å². The molecule has 1 saturated heterocycles.